The summed E-state index contributed by atoms with van der Waals surface area (Å²) in [6.45, 7) is 0. The minimum Gasteiger partial charge on any atom is -0.224 e. The van der Waals surface area contributed by atoms with Crippen molar-refractivity contribution in [2.45, 2.75) is 4.90 Å². The van der Waals surface area contributed by atoms with Crippen molar-refractivity contribution in [3.8, 4) is 0 Å². The fourth-order valence-electron chi connectivity index (χ4n) is 1.92. The Hall–Kier alpha value is -1.37. The van der Waals surface area contributed by atoms with Gasteiger partial charge in [-0.05, 0) is 40.2 Å². The average molecular weight is 372 g/mol. The molecule has 4 nitrogen and oxygen atoms in total. The van der Waals surface area contributed by atoms with E-state index in [0.717, 1.165) is 3.97 Å². The molecule has 20 heavy (non-hydrogen) atoms. The molecule has 3 rings (SSSR count). The van der Waals surface area contributed by atoms with Crippen molar-refractivity contribution in [3.63, 3.8) is 0 Å². The zero-order valence-corrected chi connectivity index (χ0v) is 13.2. The quantitative estimate of drug-likeness (QED) is 0.646. The molecule has 0 aliphatic carbocycles. The SMILES string of the molecule is O=S(=O)(c1ccccc1)n1ccc2c(Br)cc(Cl)nc21. The highest BCUT2D eigenvalue weighted by Crippen LogP contribution is 2.28. The van der Waals surface area contributed by atoms with Crippen LogP contribution in [0.25, 0.3) is 11.0 Å². The summed E-state index contributed by atoms with van der Waals surface area (Å²) >= 11 is 9.25. The summed E-state index contributed by atoms with van der Waals surface area (Å²) in [5.41, 5.74) is 0.299. The monoisotopic (exact) mass is 370 g/mol. The van der Waals surface area contributed by atoms with Crippen LogP contribution < -0.4 is 0 Å². The first-order valence-electron chi connectivity index (χ1n) is 5.64. The average Bonchev–Trinajstić information content (AvgIpc) is 2.84. The molecule has 0 unspecified atom stereocenters. The van der Waals surface area contributed by atoms with Crippen LogP contribution in [-0.4, -0.2) is 17.4 Å². The van der Waals surface area contributed by atoms with Crippen LogP contribution in [0, 0.1) is 0 Å². The van der Waals surface area contributed by atoms with Crippen LogP contribution >= 0.6 is 27.5 Å². The lowest BCUT2D eigenvalue weighted by Crippen LogP contribution is -2.12. The number of aromatic nitrogens is 2. The Morgan fingerprint density at radius 3 is 2.55 bits per heavy atom. The van der Waals surface area contributed by atoms with E-state index in [-0.39, 0.29) is 10.0 Å². The van der Waals surface area contributed by atoms with E-state index in [2.05, 4.69) is 20.9 Å². The third-order valence-electron chi connectivity index (χ3n) is 2.84. The molecule has 0 radical (unpaired) electrons. The number of nitrogens with zero attached hydrogens (tertiary/aromatic N) is 2. The number of halogens is 2. The third kappa shape index (κ3) is 2.13. The van der Waals surface area contributed by atoms with Crippen molar-refractivity contribution in [2.24, 2.45) is 0 Å². The Balaban J connectivity index is 2.31. The van der Waals surface area contributed by atoms with Crippen LogP contribution in [-0.2, 0) is 10.0 Å². The van der Waals surface area contributed by atoms with Crippen LogP contribution in [0.5, 0.6) is 0 Å². The summed E-state index contributed by atoms with van der Waals surface area (Å²) in [4.78, 5) is 4.31. The van der Waals surface area contributed by atoms with Crippen molar-refractivity contribution in [1.82, 2.24) is 8.96 Å². The molecule has 0 saturated heterocycles. The Labute approximate surface area is 129 Å². The van der Waals surface area contributed by atoms with E-state index in [4.69, 9.17) is 11.6 Å². The summed E-state index contributed by atoms with van der Waals surface area (Å²) in [6, 6.07) is 11.5. The van der Waals surface area contributed by atoms with Gasteiger partial charge in [0.15, 0.2) is 5.65 Å². The first kappa shape index (κ1) is 13.6. The van der Waals surface area contributed by atoms with Gasteiger partial charge in [0.25, 0.3) is 10.0 Å². The molecule has 2 heterocycles. The summed E-state index contributed by atoms with van der Waals surface area (Å²) in [6.07, 6.45) is 1.47. The van der Waals surface area contributed by atoms with Crippen molar-refractivity contribution in [2.75, 3.05) is 0 Å². The molecule has 2 aromatic heterocycles. The van der Waals surface area contributed by atoms with Gasteiger partial charge in [-0.1, -0.05) is 29.8 Å². The number of rotatable bonds is 2. The van der Waals surface area contributed by atoms with Gasteiger partial charge in [0.1, 0.15) is 5.15 Å². The molecule has 7 heteroatoms. The van der Waals surface area contributed by atoms with Gasteiger partial charge in [0.2, 0.25) is 0 Å². The maximum atomic E-state index is 12.6. The fraction of sp³-hybridized carbons (Fsp3) is 0. The van der Waals surface area contributed by atoms with Gasteiger partial charge in [-0.2, -0.15) is 0 Å². The van der Waals surface area contributed by atoms with Crippen molar-refractivity contribution >= 4 is 48.6 Å². The van der Waals surface area contributed by atoms with Crippen LogP contribution in [0.3, 0.4) is 0 Å². The number of pyridine rings is 1. The van der Waals surface area contributed by atoms with E-state index in [1.807, 2.05) is 0 Å². The van der Waals surface area contributed by atoms with Crippen LogP contribution in [0.1, 0.15) is 0 Å². The van der Waals surface area contributed by atoms with Gasteiger partial charge in [-0.3, -0.25) is 0 Å². The lowest BCUT2D eigenvalue weighted by atomic mass is 10.3. The normalized spacial score (nSPS) is 11.9. The van der Waals surface area contributed by atoms with E-state index >= 15 is 0 Å². The molecular formula is C13H8BrClN2O2S. The van der Waals surface area contributed by atoms with E-state index in [0.29, 0.717) is 15.5 Å². The summed E-state index contributed by atoms with van der Waals surface area (Å²) in [5.74, 6) is 0. The highest BCUT2D eigenvalue weighted by Gasteiger charge is 2.20. The lowest BCUT2D eigenvalue weighted by molar-refractivity contribution is 0.589. The highest BCUT2D eigenvalue weighted by molar-refractivity contribution is 9.10. The number of benzene rings is 1. The van der Waals surface area contributed by atoms with Gasteiger partial charge in [-0.25, -0.2) is 17.4 Å². The molecular weight excluding hydrogens is 364 g/mol. The third-order valence-corrected chi connectivity index (χ3v) is 5.37. The molecule has 0 aliphatic heterocycles. The Morgan fingerprint density at radius 2 is 1.85 bits per heavy atom. The molecule has 0 bridgehead atoms. The van der Waals surface area contributed by atoms with Crippen LogP contribution in [0.15, 0.2) is 58.0 Å². The van der Waals surface area contributed by atoms with Crippen molar-refractivity contribution in [3.05, 3.63) is 58.3 Å². The molecule has 0 aliphatic rings. The van der Waals surface area contributed by atoms with E-state index in [9.17, 15) is 8.42 Å². The predicted octanol–water partition coefficient (Wildman–Crippen LogP) is 3.69. The molecule has 0 saturated carbocycles. The zero-order valence-electron chi connectivity index (χ0n) is 9.99. The molecule has 3 aromatic rings. The largest absolute Gasteiger partial charge is 0.269 e. The molecule has 0 amide bonds. The van der Waals surface area contributed by atoms with Gasteiger partial charge >= 0.3 is 0 Å². The zero-order chi connectivity index (χ0) is 14.3. The standard InChI is InChI=1S/C13H8BrClN2O2S/c14-11-8-12(15)16-13-10(11)6-7-17(13)20(18,19)9-4-2-1-3-5-9/h1-8H. The topological polar surface area (TPSA) is 52.0 Å². The smallest absolute Gasteiger partial charge is 0.224 e. The minimum atomic E-state index is -3.68. The van der Waals surface area contributed by atoms with E-state index in [1.54, 1.807) is 42.5 Å². The Kier molecular flexibility index (Phi) is 3.32. The number of hydrogen-bond donors (Lipinski definition) is 0. The second-order valence-corrected chi connectivity index (χ2v) is 7.15. The summed E-state index contributed by atoms with van der Waals surface area (Å²) in [7, 11) is -3.68. The van der Waals surface area contributed by atoms with E-state index < -0.39 is 10.0 Å². The van der Waals surface area contributed by atoms with Gasteiger partial charge in [0.05, 0.1) is 4.90 Å². The molecule has 0 atom stereocenters. The molecule has 102 valence electrons. The summed E-state index contributed by atoms with van der Waals surface area (Å²) in [5, 5.41) is 0.918. The predicted molar refractivity (Wildman–Crippen MR) is 81.5 cm³/mol. The molecule has 0 N–H and O–H groups in total. The Bertz CT molecular complexity index is 891. The minimum absolute atomic E-state index is 0.204. The van der Waals surface area contributed by atoms with Crippen molar-refractivity contribution in [1.29, 1.82) is 0 Å². The molecule has 0 spiro atoms. The van der Waals surface area contributed by atoms with Gasteiger partial charge in [0, 0.05) is 16.1 Å². The number of fused-ring (bicyclic) bond motifs is 1. The van der Waals surface area contributed by atoms with Gasteiger partial charge in [-0.15, -0.1) is 0 Å². The molecule has 0 fully saturated rings. The summed E-state index contributed by atoms with van der Waals surface area (Å²) < 4.78 is 27.0. The van der Waals surface area contributed by atoms with Crippen LogP contribution in [0.4, 0.5) is 0 Å². The second-order valence-electron chi connectivity index (χ2n) is 4.09. The molecule has 1 aromatic carbocycles. The lowest BCUT2D eigenvalue weighted by Gasteiger charge is -2.07. The first-order chi connectivity index (χ1) is 9.50. The van der Waals surface area contributed by atoms with Crippen molar-refractivity contribution < 1.29 is 8.42 Å². The number of hydrogen-bond acceptors (Lipinski definition) is 3. The second kappa shape index (κ2) is 4.87. The fourth-order valence-corrected chi connectivity index (χ4v) is 4.08. The highest BCUT2D eigenvalue weighted by atomic mass is 79.9. The maximum Gasteiger partial charge on any atom is 0.269 e. The first-order valence-corrected chi connectivity index (χ1v) is 8.25. The maximum absolute atomic E-state index is 12.6. The van der Waals surface area contributed by atoms with E-state index in [1.165, 1.54) is 6.20 Å². The van der Waals surface area contributed by atoms with Crippen LogP contribution in [0.2, 0.25) is 5.15 Å². The Morgan fingerprint density at radius 1 is 1.15 bits per heavy atom. The van der Waals surface area contributed by atoms with Gasteiger partial charge < -0.3 is 0 Å².